The predicted octanol–water partition coefficient (Wildman–Crippen LogP) is 15.3. The van der Waals surface area contributed by atoms with Gasteiger partial charge in [0.25, 0.3) is 0 Å². The molecule has 0 fully saturated rings. The van der Waals surface area contributed by atoms with E-state index in [1.165, 1.54) is 186 Å². The Bertz CT molecular complexity index is 1050. The molecular weight excluding hydrogens is 786 g/mol. The van der Waals surface area contributed by atoms with Crippen molar-refractivity contribution in [1.82, 2.24) is 0 Å². The number of nitrogens with zero attached hydrogens (tertiary/aromatic N) is 1. The van der Waals surface area contributed by atoms with Crippen LogP contribution in [0.25, 0.3) is 0 Å². The summed E-state index contributed by atoms with van der Waals surface area (Å²) in [5.41, 5.74) is 0. The fourth-order valence-corrected chi connectivity index (χ4v) is 8.22. The van der Waals surface area contributed by atoms with Gasteiger partial charge in [-0.2, -0.15) is 0 Å². The molecule has 0 aromatic rings. The predicted molar refractivity (Wildman–Crippen MR) is 257 cm³/mol. The average Bonchev–Trinajstić information content (AvgIpc) is 3.21. The summed E-state index contributed by atoms with van der Waals surface area (Å²) in [6.07, 6.45) is 48.3. The van der Waals surface area contributed by atoms with Crippen LogP contribution in [0.15, 0.2) is 12.2 Å². The maximum absolute atomic E-state index is 12.8. The van der Waals surface area contributed by atoms with Crippen LogP contribution >= 0.6 is 7.82 Å². The van der Waals surface area contributed by atoms with Crippen LogP contribution in [0.1, 0.15) is 251 Å². The van der Waals surface area contributed by atoms with E-state index in [4.69, 9.17) is 18.5 Å². The lowest BCUT2D eigenvalue weighted by atomic mass is 10.0. The molecule has 2 atom stereocenters. The van der Waals surface area contributed by atoms with Gasteiger partial charge in [-0.25, -0.2) is 4.57 Å². The Morgan fingerprint density at radius 2 is 0.836 bits per heavy atom. The number of hydrogen-bond donors (Lipinski definition) is 1. The van der Waals surface area contributed by atoms with E-state index in [9.17, 15) is 19.0 Å². The SMILES string of the molecule is CCCCCCCC/C=C/CCCCCCCCCC(=O)OC[C@H](COP(=O)(O)OCC[N+](C)(C)C)OC(=O)CCCCCCCCCCCCCCCCCCCCCC. The molecular formula is C51H101NO8P+. The number of phosphoric acid groups is 1. The van der Waals surface area contributed by atoms with E-state index < -0.39 is 26.5 Å². The van der Waals surface area contributed by atoms with Gasteiger partial charge >= 0.3 is 19.8 Å². The highest BCUT2D eigenvalue weighted by molar-refractivity contribution is 7.47. The second kappa shape index (κ2) is 44.0. The van der Waals surface area contributed by atoms with E-state index in [1.807, 2.05) is 21.1 Å². The molecule has 0 rings (SSSR count). The molecule has 0 aliphatic heterocycles. The molecule has 0 aliphatic rings. The van der Waals surface area contributed by atoms with Crippen LogP contribution in [0.4, 0.5) is 0 Å². The zero-order valence-corrected chi connectivity index (χ0v) is 41.8. The number of quaternary nitrogens is 1. The molecule has 1 N–H and O–H groups in total. The summed E-state index contributed by atoms with van der Waals surface area (Å²) in [6.45, 7) is 4.47. The zero-order chi connectivity index (χ0) is 45.0. The highest BCUT2D eigenvalue weighted by atomic mass is 31.2. The molecule has 10 heteroatoms. The Balaban J connectivity index is 4.22. The Morgan fingerprint density at radius 1 is 0.492 bits per heavy atom. The van der Waals surface area contributed by atoms with Crippen molar-refractivity contribution >= 4 is 19.8 Å². The third-order valence-corrected chi connectivity index (χ3v) is 12.5. The molecule has 0 aromatic carbocycles. The van der Waals surface area contributed by atoms with Gasteiger partial charge in [0.1, 0.15) is 19.8 Å². The first-order chi connectivity index (χ1) is 29.5. The van der Waals surface area contributed by atoms with E-state index in [0.717, 1.165) is 32.1 Å². The molecule has 0 aromatic heterocycles. The molecule has 0 bridgehead atoms. The van der Waals surface area contributed by atoms with E-state index >= 15 is 0 Å². The first-order valence-corrected chi connectivity index (χ1v) is 27.4. The van der Waals surface area contributed by atoms with Crippen LogP contribution in [0.3, 0.4) is 0 Å². The van der Waals surface area contributed by atoms with Gasteiger partial charge in [0.15, 0.2) is 6.10 Å². The zero-order valence-electron chi connectivity index (χ0n) is 40.9. The third kappa shape index (κ3) is 48.1. The van der Waals surface area contributed by atoms with Crippen molar-refractivity contribution in [3.05, 3.63) is 12.2 Å². The lowest BCUT2D eigenvalue weighted by Crippen LogP contribution is -2.37. The number of ether oxygens (including phenoxy) is 2. The molecule has 61 heavy (non-hydrogen) atoms. The number of unbranched alkanes of at least 4 members (excludes halogenated alkanes) is 32. The minimum Gasteiger partial charge on any atom is -0.462 e. The first kappa shape index (κ1) is 59.8. The van der Waals surface area contributed by atoms with Gasteiger partial charge in [-0.05, 0) is 38.5 Å². The van der Waals surface area contributed by atoms with Gasteiger partial charge in [0, 0.05) is 12.8 Å². The third-order valence-electron chi connectivity index (χ3n) is 11.5. The monoisotopic (exact) mass is 887 g/mol. The molecule has 1 unspecified atom stereocenters. The molecule has 0 amide bonds. The van der Waals surface area contributed by atoms with Crippen LogP contribution in [0.5, 0.6) is 0 Å². The Kier molecular flexibility index (Phi) is 43.1. The summed E-state index contributed by atoms with van der Waals surface area (Å²) >= 11 is 0. The number of phosphoric ester groups is 1. The summed E-state index contributed by atoms with van der Waals surface area (Å²) in [6, 6.07) is 0. The van der Waals surface area contributed by atoms with Crippen LogP contribution in [-0.4, -0.2) is 74.9 Å². The molecule has 0 saturated heterocycles. The standard InChI is InChI=1S/C51H100NO8P/c1-6-8-10-12-14-16-18-20-22-24-25-26-28-30-32-34-36-38-40-42-44-51(54)60-49(48-59-61(55,56)58-46-45-52(3,4)5)47-57-50(53)43-41-39-37-35-33-31-29-27-23-21-19-17-15-13-11-9-7-2/h21,23,49H,6-20,22,24-48H2,1-5H3/p+1/b23-21+/t49-/m1/s1. The maximum atomic E-state index is 12.8. The second-order valence-corrected chi connectivity index (χ2v) is 20.4. The highest BCUT2D eigenvalue weighted by Gasteiger charge is 2.27. The van der Waals surface area contributed by atoms with Crippen molar-refractivity contribution < 1.29 is 42.1 Å². The van der Waals surface area contributed by atoms with Crippen LogP contribution in [0.2, 0.25) is 0 Å². The first-order valence-electron chi connectivity index (χ1n) is 25.9. The smallest absolute Gasteiger partial charge is 0.462 e. The Labute approximate surface area is 377 Å². The van der Waals surface area contributed by atoms with Crippen molar-refractivity contribution in [3.63, 3.8) is 0 Å². The van der Waals surface area contributed by atoms with Crippen molar-refractivity contribution in [2.24, 2.45) is 0 Å². The summed E-state index contributed by atoms with van der Waals surface area (Å²) in [4.78, 5) is 35.5. The van der Waals surface area contributed by atoms with Gasteiger partial charge in [0.2, 0.25) is 0 Å². The molecule has 0 spiro atoms. The fourth-order valence-electron chi connectivity index (χ4n) is 7.48. The summed E-state index contributed by atoms with van der Waals surface area (Å²) in [7, 11) is 1.49. The van der Waals surface area contributed by atoms with Crippen LogP contribution < -0.4 is 0 Å². The number of esters is 2. The molecule has 0 saturated carbocycles. The fraction of sp³-hybridized carbons (Fsp3) is 0.922. The summed E-state index contributed by atoms with van der Waals surface area (Å²) in [5, 5.41) is 0. The maximum Gasteiger partial charge on any atom is 0.472 e. The van der Waals surface area contributed by atoms with Gasteiger partial charge in [-0.1, -0.05) is 212 Å². The minimum absolute atomic E-state index is 0.0346. The summed E-state index contributed by atoms with van der Waals surface area (Å²) in [5.74, 6) is -0.788. The quantitative estimate of drug-likeness (QED) is 0.0212. The van der Waals surface area contributed by atoms with Gasteiger partial charge < -0.3 is 18.9 Å². The number of hydrogen-bond acceptors (Lipinski definition) is 7. The van der Waals surface area contributed by atoms with Crippen LogP contribution in [-0.2, 0) is 32.7 Å². The molecule has 0 radical (unpaired) electrons. The Hall–Kier alpha value is -1.25. The van der Waals surface area contributed by atoms with Crippen molar-refractivity contribution in [2.45, 2.75) is 258 Å². The lowest BCUT2D eigenvalue weighted by molar-refractivity contribution is -0.870. The number of carbonyl (C=O) groups is 2. The molecule has 362 valence electrons. The van der Waals surface area contributed by atoms with Gasteiger partial charge in [-0.3, -0.25) is 18.6 Å². The van der Waals surface area contributed by atoms with Crippen molar-refractivity contribution in [1.29, 1.82) is 0 Å². The van der Waals surface area contributed by atoms with E-state index in [1.54, 1.807) is 0 Å². The van der Waals surface area contributed by atoms with Crippen molar-refractivity contribution in [3.8, 4) is 0 Å². The lowest BCUT2D eigenvalue weighted by Gasteiger charge is -2.24. The highest BCUT2D eigenvalue weighted by Crippen LogP contribution is 2.43. The number of likely N-dealkylation sites (N-methyl/N-ethyl adjacent to an activating group) is 1. The minimum atomic E-state index is -4.38. The average molecular weight is 887 g/mol. The van der Waals surface area contributed by atoms with E-state index in [2.05, 4.69) is 26.0 Å². The number of allylic oxidation sites excluding steroid dienone is 2. The van der Waals surface area contributed by atoms with Crippen LogP contribution in [0, 0.1) is 0 Å². The van der Waals surface area contributed by atoms with Gasteiger partial charge in [0.05, 0.1) is 27.7 Å². The van der Waals surface area contributed by atoms with E-state index in [0.29, 0.717) is 17.4 Å². The number of carbonyl (C=O) groups excluding carboxylic acids is 2. The Morgan fingerprint density at radius 3 is 1.21 bits per heavy atom. The largest absolute Gasteiger partial charge is 0.472 e. The molecule has 9 nitrogen and oxygen atoms in total. The van der Waals surface area contributed by atoms with Gasteiger partial charge in [-0.15, -0.1) is 0 Å². The van der Waals surface area contributed by atoms with E-state index in [-0.39, 0.29) is 32.0 Å². The summed E-state index contributed by atoms with van der Waals surface area (Å²) < 4.78 is 34.5. The number of rotatable bonds is 48. The molecule has 0 heterocycles. The topological polar surface area (TPSA) is 108 Å². The normalized spacial score (nSPS) is 13.5. The van der Waals surface area contributed by atoms with Crippen molar-refractivity contribution in [2.75, 3.05) is 47.5 Å². The second-order valence-electron chi connectivity index (χ2n) is 18.9. The molecule has 0 aliphatic carbocycles.